The molecule has 0 aromatic carbocycles. The van der Waals surface area contributed by atoms with Crippen molar-refractivity contribution in [1.29, 1.82) is 0 Å². The first kappa shape index (κ1) is 16.5. The summed E-state index contributed by atoms with van der Waals surface area (Å²) in [6.07, 6.45) is 0. The van der Waals surface area contributed by atoms with Crippen molar-refractivity contribution in [3.8, 4) is 0 Å². The molecule has 7 heteroatoms. The van der Waals surface area contributed by atoms with E-state index in [-0.39, 0.29) is 42.0 Å². The Morgan fingerprint density at radius 3 is 2.21 bits per heavy atom. The third-order valence-corrected chi connectivity index (χ3v) is 2.07. The number of hydrogen-bond acceptors (Lipinski definition) is 4. The molecule has 0 bridgehead atoms. The third kappa shape index (κ3) is 7.52. The van der Waals surface area contributed by atoms with Gasteiger partial charge in [-0.3, -0.25) is 4.79 Å². The monoisotopic (exact) mass is 229 g/mol. The van der Waals surface area contributed by atoms with Gasteiger partial charge in [0.25, 0.3) is 0 Å². The molecule has 0 radical (unpaired) electrons. The zero-order valence-electron chi connectivity index (χ0n) is 8.61. The summed E-state index contributed by atoms with van der Waals surface area (Å²) in [5.41, 5.74) is 0.311. The Bertz CT molecular complexity index is 312. The molecule has 1 amide bonds. The SMILES string of the molecule is C=C(C)C(=O)N(C)CCS(=O)(=O)[O-].[Na+]. The largest absolute Gasteiger partial charge is 1.00 e. The molecule has 0 N–H and O–H groups in total. The summed E-state index contributed by atoms with van der Waals surface area (Å²) >= 11 is 0. The molecule has 0 heterocycles. The summed E-state index contributed by atoms with van der Waals surface area (Å²) < 4.78 is 30.6. The maximum absolute atomic E-state index is 11.1. The van der Waals surface area contributed by atoms with E-state index in [4.69, 9.17) is 0 Å². The summed E-state index contributed by atoms with van der Waals surface area (Å²) in [5, 5.41) is 0. The minimum absolute atomic E-state index is 0. The van der Waals surface area contributed by atoms with Crippen LogP contribution in [0, 0.1) is 0 Å². The molecular weight excluding hydrogens is 217 g/mol. The van der Waals surface area contributed by atoms with Crippen molar-refractivity contribution < 1.29 is 47.3 Å². The second kappa shape index (κ2) is 6.58. The van der Waals surface area contributed by atoms with Gasteiger partial charge in [0.05, 0.1) is 15.9 Å². The molecule has 14 heavy (non-hydrogen) atoms. The Morgan fingerprint density at radius 2 is 1.93 bits per heavy atom. The number of nitrogens with zero attached hydrogens (tertiary/aromatic N) is 1. The molecule has 0 atom stereocenters. The van der Waals surface area contributed by atoms with Gasteiger partial charge in [-0.15, -0.1) is 0 Å². The Morgan fingerprint density at radius 1 is 1.50 bits per heavy atom. The van der Waals surface area contributed by atoms with Crippen LogP contribution in [0.15, 0.2) is 12.2 Å². The van der Waals surface area contributed by atoms with Gasteiger partial charge in [-0.05, 0) is 6.92 Å². The fourth-order valence-corrected chi connectivity index (χ4v) is 1.17. The quantitative estimate of drug-likeness (QED) is 0.285. The first-order valence-electron chi connectivity index (χ1n) is 3.58. The zero-order chi connectivity index (χ0) is 10.6. The van der Waals surface area contributed by atoms with E-state index in [1.807, 2.05) is 0 Å². The normalized spacial score (nSPS) is 10.2. The van der Waals surface area contributed by atoms with Gasteiger partial charge in [0, 0.05) is 19.2 Å². The second-order valence-corrected chi connectivity index (χ2v) is 4.29. The van der Waals surface area contributed by atoms with E-state index in [0.29, 0.717) is 5.57 Å². The maximum atomic E-state index is 11.1. The van der Waals surface area contributed by atoms with E-state index in [1.165, 1.54) is 14.0 Å². The average Bonchev–Trinajstić information content (AvgIpc) is 1.97. The first-order valence-corrected chi connectivity index (χ1v) is 5.16. The van der Waals surface area contributed by atoms with Crippen LogP contribution >= 0.6 is 0 Å². The topological polar surface area (TPSA) is 77.5 Å². The van der Waals surface area contributed by atoms with Crippen LogP contribution in [0.5, 0.6) is 0 Å². The van der Waals surface area contributed by atoms with Gasteiger partial charge in [0.1, 0.15) is 0 Å². The molecule has 5 nitrogen and oxygen atoms in total. The van der Waals surface area contributed by atoms with Gasteiger partial charge < -0.3 is 9.45 Å². The van der Waals surface area contributed by atoms with Crippen LogP contribution < -0.4 is 29.6 Å². The standard InChI is InChI=1S/C7H13NO4S.Na/c1-6(2)7(9)8(3)4-5-13(10,11)12;/h1,4-5H2,2-3H3,(H,10,11,12);/q;+1/p-1. The van der Waals surface area contributed by atoms with Gasteiger partial charge in [0.2, 0.25) is 5.91 Å². The molecule has 0 aromatic rings. The van der Waals surface area contributed by atoms with Crippen LogP contribution in [0.1, 0.15) is 6.92 Å². The van der Waals surface area contributed by atoms with Crippen LogP contribution in [0.2, 0.25) is 0 Å². The van der Waals surface area contributed by atoms with Gasteiger partial charge in [0.15, 0.2) is 0 Å². The van der Waals surface area contributed by atoms with E-state index < -0.39 is 15.9 Å². The Balaban J connectivity index is 0. The van der Waals surface area contributed by atoms with Crippen molar-refractivity contribution >= 4 is 16.0 Å². The first-order chi connectivity index (χ1) is 5.74. The molecule has 0 aromatic heterocycles. The average molecular weight is 229 g/mol. The van der Waals surface area contributed by atoms with Crippen LogP contribution in [0.3, 0.4) is 0 Å². The summed E-state index contributed by atoms with van der Waals surface area (Å²) in [7, 11) is -2.83. The van der Waals surface area contributed by atoms with Gasteiger partial charge in [-0.25, -0.2) is 8.42 Å². The van der Waals surface area contributed by atoms with Crippen LogP contribution in [0.25, 0.3) is 0 Å². The van der Waals surface area contributed by atoms with Crippen molar-refractivity contribution in [3.63, 3.8) is 0 Å². The number of likely N-dealkylation sites (N-methyl/N-ethyl adjacent to an activating group) is 1. The van der Waals surface area contributed by atoms with Gasteiger partial charge >= 0.3 is 29.6 Å². The fraction of sp³-hybridized carbons (Fsp3) is 0.571. The summed E-state index contributed by atoms with van der Waals surface area (Å²) in [6, 6.07) is 0. The molecule has 0 aliphatic rings. The number of rotatable bonds is 4. The van der Waals surface area contributed by atoms with Crippen molar-refractivity contribution in [1.82, 2.24) is 4.90 Å². The molecule has 0 saturated carbocycles. The fourth-order valence-electron chi connectivity index (χ4n) is 0.676. The van der Waals surface area contributed by atoms with E-state index in [2.05, 4.69) is 6.58 Å². The van der Waals surface area contributed by atoms with Gasteiger partial charge in [-0.1, -0.05) is 6.58 Å². The third-order valence-electron chi connectivity index (χ3n) is 1.39. The minimum atomic E-state index is -4.25. The molecule has 0 saturated heterocycles. The van der Waals surface area contributed by atoms with Crippen molar-refractivity contribution in [3.05, 3.63) is 12.2 Å². The molecule has 0 fully saturated rings. The summed E-state index contributed by atoms with van der Waals surface area (Å²) in [6.45, 7) is 4.82. The molecule has 0 spiro atoms. The second-order valence-electron chi connectivity index (χ2n) is 2.77. The van der Waals surface area contributed by atoms with Crippen molar-refractivity contribution in [2.45, 2.75) is 6.92 Å². The molecular formula is C7H12NNaO4S. The Labute approximate surface area is 106 Å². The van der Waals surface area contributed by atoms with Crippen molar-refractivity contribution in [2.24, 2.45) is 0 Å². The predicted molar refractivity (Wildman–Crippen MR) is 47.0 cm³/mol. The molecule has 76 valence electrons. The number of carbonyl (C=O) groups is 1. The van der Waals surface area contributed by atoms with Crippen molar-refractivity contribution in [2.75, 3.05) is 19.3 Å². The van der Waals surface area contributed by atoms with E-state index in [0.717, 1.165) is 4.90 Å². The number of amides is 1. The maximum Gasteiger partial charge on any atom is 1.00 e. The number of hydrogen-bond donors (Lipinski definition) is 0. The molecule has 0 unspecified atom stereocenters. The van der Waals surface area contributed by atoms with E-state index >= 15 is 0 Å². The van der Waals surface area contributed by atoms with Crippen LogP contribution in [-0.2, 0) is 14.9 Å². The Hall–Kier alpha value is 0.120. The number of carbonyl (C=O) groups excluding carboxylic acids is 1. The Kier molecular flexibility index (Phi) is 7.77. The smallest absolute Gasteiger partial charge is 0.748 e. The van der Waals surface area contributed by atoms with E-state index in [1.54, 1.807) is 0 Å². The van der Waals surface area contributed by atoms with Gasteiger partial charge in [-0.2, -0.15) is 0 Å². The van der Waals surface area contributed by atoms with Crippen LogP contribution in [-0.4, -0.2) is 43.1 Å². The van der Waals surface area contributed by atoms with Crippen LogP contribution in [0.4, 0.5) is 0 Å². The summed E-state index contributed by atoms with van der Waals surface area (Å²) in [4.78, 5) is 12.2. The molecule has 0 aliphatic carbocycles. The summed E-state index contributed by atoms with van der Waals surface area (Å²) in [5.74, 6) is -0.925. The molecule has 0 aliphatic heterocycles. The zero-order valence-corrected chi connectivity index (χ0v) is 11.4. The predicted octanol–water partition coefficient (Wildman–Crippen LogP) is -3.43. The molecule has 0 rings (SSSR count). The van der Waals surface area contributed by atoms with E-state index in [9.17, 15) is 17.8 Å². The minimum Gasteiger partial charge on any atom is -0.748 e.